The van der Waals surface area contributed by atoms with Gasteiger partial charge in [-0.05, 0) is 66.8 Å². The Morgan fingerprint density at radius 3 is 2.36 bits per heavy atom. The molecule has 126 valence electrons. The van der Waals surface area contributed by atoms with E-state index in [-0.39, 0.29) is 16.8 Å². The minimum Gasteiger partial charge on any atom is -0.459 e. The molecule has 1 amide bonds. The Balaban J connectivity index is 1.57. The van der Waals surface area contributed by atoms with Crippen LogP contribution in [0, 0.1) is 0 Å². The van der Waals surface area contributed by atoms with Crippen LogP contribution in [0.5, 0.6) is 5.75 Å². The van der Waals surface area contributed by atoms with Crippen molar-refractivity contribution in [1.82, 2.24) is 0 Å². The first-order valence-corrected chi connectivity index (χ1v) is 8.08. The molecule has 0 saturated heterocycles. The van der Waals surface area contributed by atoms with Gasteiger partial charge in [0, 0.05) is 16.4 Å². The molecule has 0 fully saturated rings. The van der Waals surface area contributed by atoms with Crippen LogP contribution < -0.4 is 15.4 Å². The molecule has 0 atom stereocenters. The van der Waals surface area contributed by atoms with E-state index in [4.69, 9.17) is 33.0 Å². The molecule has 1 aromatic heterocycles. The molecule has 0 unspecified atom stereocenters. The molecule has 0 aliphatic carbocycles. The van der Waals surface area contributed by atoms with Crippen LogP contribution >= 0.6 is 23.8 Å². The summed E-state index contributed by atoms with van der Waals surface area (Å²) in [5.74, 6) is 0.483. The number of ether oxygens (including phenoxy) is 1. The number of halogens is 1. The smallest absolute Gasteiger partial charge is 0.291 e. The first-order valence-electron chi connectivity index (χ1n) is 7.29. The van der Waals surface area contributed by atoms with Crippen molar-refractivity contribution >= 4 is 46.3 Å². The second kappa shape index (κ2) is 7.83. The summed E-state index contributed by atoms with van der Waals surface area (Å²) in [5.41, 5.74) is 1.36. The van der Waals surface area contributed by atoms with E-state index in [1.807, 2.05) is 0 Å². The minimum absolute atomic E-state index is 0.189. The normalized spacial score (nSPS) is 10.1. The lowest BCUT2D eigenvalue weighted by Crippen LogP contribution is -2.16. The highest BCUT2D eigenvalue weighted by Gasteiger charge is 2.08. The zero-order chi connectivity index (χ0) is 17.6. The Kier molecular flexibility index (Phi) is 5.33. The Hall–Kier alpha value is -2.83. The first kappa shape index (κ1) is 17.0. The maximum Gasteiger partial charge on any atom is 0.291 e. The highest BCUT2D eigenvalue weighted by atomic mass is 35.5. The van der Waals surface area contributed by atoms with Crippen LogP contribution in [0.2, 0.25) is 5.02 Å². The number of rotatable bonds is 4. The monoisotopic (exact) mass is 372 g/mol. The molecule has 2 N–H and O–H groups in total. The number of nitrogens with one attached hydrogen (secondary N) is 2. The van der Waals surface area contributed by atoms with Crippen LogP contribution in [0.15, 0.2) is 71.3 Å². The highest BCUT2D eigenvalue weighted by molar-refractivity contribution is 7.80. The summed E-state index contributed by atoms with van der Waals surface area (Å²) in [5, 5.41) is 6.44. The topological polar surface area (TPSA) is 63.5 Å². The van der Waals surface area contributed by atoms with E-state index in [9.17, 15) is 4.79 Å². The van der Waals surface area contributed by atoms with Gasteiger partial charge in [0.2, 0.25) is 0 Å². The van der Waals surface area contributed by atoms with Gasteiger partial charge >= 0.3 is 0 Å². The molecular formula is C18H13ClN2O3S. The SMILES string of the molecule is O=C(Nc1ccc(NC(=S)Oc2cccc(Cl)c2)cc1)c1ccco1. The van der Waals surface area contributed by atoms with Crippen molar-refractivity contribution in [3.8, 4) is 5.75 Å². The third kappa shape index (κ3) is 4.82. The predicted octanol–water partition coefficient (Wildman–Crippen LogP) is 4.96. The third-order valence-corrected chi connectivity index (χ3v) is 3.56. The number of hydrogen-bond acceptors (Lipinski definition) is 4. The molecular weight excluding hydrogens is 360 g/mol. The quantitative estimate of drug-likeness (QED) is 0.633. The van der Waals surface area contributed by atoms with Crippen molar-refractivity contribution in [2.75, 3.05) is 10.6 Å². The molecule has 0 bridgehead atoms. The highest BCUT2D eigenvalue weighted by Crippen LogP contribution is 2.19. The van der Waals surface area contributed by atoms with Gasteiger partial charge in [0.25, 0.3) is 11.1 Å². The van der Waals surface area contributed by atoms with Gasteiger partial charge in [-0.2, -0.15) is 0 Å². The molecule has 0 aliphatic rings. The lowest BCUT2D eigenvalue weighted by atomic mass is 10.2. The number of hydrogen-bond donors (Lipinski definition) is 2. The van der Waals surface area contributed by atoms with E-state index in [0.717, 1.165) is 5.69 Å². The standard InChI is InChI=1S/C18H13ClN2O3S/c19-12-3-1-4-15(11-12)24-18(25)21-14-8-6-13(7-9-14)20-17(22)16-5-2-10-23-16/h1-11H,(H,20,22)(H,21,25). The lowest BCUT2D eigenvalue weighted by Gasteiger charge is -2.10. The maximum atomic E-state index is 11.9. The van der Waals surface area contributed by atoms with Crippen LogP contribution in [0.25, 0.3) is 0 Å². The first-order chi connectivity index (χ1) is 12.1. The fraction of sp³-hybridized carbons (Fsp3) is 0. The predicted molar refractivity (Wildman–Crippen MR) is 101 cm³/mol. The summed E-state index contributed by atoms with van der Waals surface area (Å²) in [7, 11) is 0. The van der Waals surface area contributed by atoms with Crippen molar-refractivity contribution in [3.63, 3.8) is 0 Å². The van der Waals surface area contributed by atoms with E-state index >= 15 is 0 Å². The van der Waals surface area contributed by atoms with Gasteiger partial charge < -0.3 is 19.8 Å². The van der Waals surface area contributed by atoms with Gasteiger partial charge in [-0.3, -0.25) is 4.79 Å². The average Bonchev–Trinajstić information content (AvgIpc) is 3.11. The van der Waals surface area contributed by atoms with E-state index < -0.39 is 0 Å². The van der Waals surface area contributed by atoms with Gasteiger partial charge in [0.15, 0.2) is 5.76 Å². The zero-order valence-electron chi connectivity index (χ0n) is 12.9. The molecule has 25 heavy (non-hydrogen) atoms. The number of furan rings is 1. The number of benzene rings is 2. The van der Waals surface area contributed by atoms with Gasteiger partial charge in [-0.25, -0.2) is 0 Å². The minimum atomic E-state index is -0.314. The van der Waals surface area contributed by atoms with Crippen molar-refractivity contribution in [3.05, 3.63) is 77.7 Å². The molecule has 0 radical (unpaired) electrons. The van der Waals surface area contributed by atoms with Gasteiger partial charge in [0.05, 0.1) is 6.26 Å². The van der Waals surface area contributed by atoms with Crippen LogP contribution in [0.1, 0.15) is 10.6 Å². The number of carbonyl (C=O) groups excluding carboxylic acids is 1. The fourth-order valence-electron chi connectivity index (χ4n) is 2.02. The Bertz CT molecular complexity index is 880. The van der Waals surface area contributed by atoms with Crippen molar-refractivity contribution in [1.29, 1.82) is 0 Å². The second-order valence-electron chi connectivity index (χ2n) is 4.98. The van der Waals surface area contributed by atoms with Crippen molar-refractivity contribution in [2.45, 2.75) is 0 Å². The number of anilines is 2. The molecule has 5 nitrogen and oxygen atoms in total. The molecule has 3 rings (SSSR count). The fourth-order valence-corrected chi connectivity index (χ4v) is 2.41. The molecule has 3 aromatic rings. The van der Waals surface area contributed by atoms with Crippen molar-refractivity contribution in [2.24, 2.45) is 0 Å². The second-order valence-corrected chi connectivity index (χ2v) is 5.79. The molecule has 2 aromatic carbocycles. The molecule has 0 saturated carbocycles. The van der Waals surface area contributed by atoms with Crippen LogP contribution in [-0.2, 0) is 0 Å². The average molecular weight is 373 g/mol. The van der Waals surface area contributed by atoms with Crippen LogP contribution in [0.3, 0.4) is 0 Å². The Morgan fingerprint density at radius 1 is 1.00 bits per heavy atom. The largest absolute Gasteiger partial charge is 0.459 e. The Morgan fingerprint density at radius 2 is 1.72 bits per heavy atom. The van der Waals surface area contributed by atoms with Gasteiger partial charge in [0.1, 0.15) is 5.75 Å². The molecule has 1 heterocycles. The van der Waals surface area contributed by atoms with Crippen LogP contribution in [0.4, 0.5) is 11.4 Å². The summed E-state index contributed by atoms with van der Waals surface area (Å²) in [6.07, 6.45) is 1.45. The number of amides is 1. The zero-order valence-corrected chi connectivity index (χ0v) is 14.4. The van der Waals surface area contributed by atoms with Gasteiger partial charge in [-0.1, -0.05) is 17.7 Å². The van der Waals surface area contributed by atoms with E-state index in [1.54, 1.807) is 60.7 Å². The third-order valence-electron chi connectivity index (χ3n) is 3.14. The molecule has 7 heteroatoms. The summed E-state index contributed by atoms with van der Waals surface area (Å²) in [6.45, 7) is 0. The van der Waals surface area contributed by atoms with E-state index in [1.165, 1.54) is 6.26 Å². The lowest BCUT2D eigenvalue weighted by molar-refractivity contribution is 0.0996. The Labute approximate surface area is 154 Å². The maximum absolute atomic E-state index is 11.9. The summed E-state index contributed by atoms with van der Waals surface area (Å²) < 4.78 is 10.5. The summed E-state index contributed by atoms with van der Waals surface area (Å²) in [4.78, 5) is 11.9. The van der Waals surface area contributed by atoms with E-state index in [0.29, 0.717) is 16.5 Å². The summed E-state index contributed by atoms with van der Waals surface area (Å²) in [6, 6.07) is 17.2. The molecule has 0 aliphatic heterocycles. The van der Waals surface area contributed by atoms with Crippen LogP contribution in [-0.4, -0.2) is 11.1 Å². The molecule has 0 spiro atoms. The van der Waals surface area contributed by atoms with Gasteiger partial charge in [-0.15, -0.1) is 0 Å². The number of carbonyl (C=O) groups is 1. The summed E-state index contributed by atoms with van der Waals surface area (Å²) >= 11 is 11.1. The van der Waals surface area contributed by atoms with Crippen molar-refractivity contribution < 1.29 is 13.9 Å². The van der Waals surface area contributed by atoms with E-state index in [2.05, 4.69) is 10.6 Å². The number of thiocarbonyl (C=S) groups is 1.